The number of nitrogens with two attached hydrogens (primary N) is 1. The van der Waals surface area contributed by atoms with Crippen molar-refractivity contribution in [2.75, 3.05) is 17.6 Å². The van der Waals surface area contributed by atoms with Gasteiger partial charge in [-0.25, -0.2) is 22.7 Å². The Morgan fingerprint density at radius 1 is 1.47 bits per heavy atom. The fourth-order valence-electron chi connectivity index (χ4n) is 1.20. The van der Waals surface area contributed by atoms with Gasteiger partial charge in [-0.3, -0.25) is 0 Å². The zero-order valence-electron chi connectivity index (χ0n) is 8.68. The Balaban J connectivity index is 2.86. The molecule has 6 nitrogen and oxygen atoms in total. The lowest BCUT2D eigenvalue weighted by molar-refractivity contribution is 0.0697. The van der Waals surface area contributed by atoms with E-state index in [9.17, 15) is 17.6 Å². The molecule has 0 aliphatic carbocycles. The van der Waals surface area contributed by atoms with Crippen LogP contribution in [-0.2, 0) is 10.0 Å². The molecule has 8 heteroatoms. The van der Waals surface area contributed by atoms with Crippen LogP contribution >= 0.6 is 0 Å². The molecule has 17 heavy (non-hydrogen) atoms. The SMILES string of the molecule is NS(=O)(=O)CCNc1c(F)cccc1C(=O)O. The van der Waals surface area contributed by atoms with Crippen LogP contribution in [0.3, 0.4) is 0 Å². The third kappa shape index (κ3) is 4.00. The van der Waals surface area contributed by atoms with Gasteiger partial charge in [-0.1, -0.05) is 6.07 Å². The monoisotopic (exact) mass is 262 g/mol. The zero-order valence-corrected chi connectivity index (χ0v) is 9.50. The molecule has 0 radical (unpaired) electrons. The maximum absolute atomic E-state index is 13.3. The quantitative estimate of drug-likeness (QED) is 0.703. The molecule has 0 aromatic heterocycles. The highest BCUT2D eigenvalue weighted by Crippen LogP contribution is 2.19. The summed E-state index contributed by atoms with van der Waals surface area (Å²) < 4.78 is 34.6. The molecule has 0 aliphatic rings. The average molecular weight is 262 g/mol. The van der Waals surface area contributed by atoms with Crippen molar-refractivity contribution >= 4 is 21.7 Å². The number of anilines is 1. The number of hydrogen-bond donors (Lipinski definition) is 3. The summed E-state index contributed by atoms with van der Waals surface area (Å²) in [6.45, 7) is -0.167. The summed E-state index contributed by atoms with van der Waals surface area (Å²) in [6, 6.07) is 3.54. The molecule has 0 bridgehead atoms. The van der Waals surface area contributed by atoms with Crippen LogP contribution in [0.2, 0.25) is 0 Å². The highest BCUT2D eigenvalue weighted by atomic mass is 32.2. The summed E-state index contributed by atoms with van der Waals surface area (Å²) in [5.41, 5.74) is -0.511. The number of para-hydroxylation sites is 1. The molecule has 0 fully saturated rings. The molecule has 0 atom stereocenters. The van der Waals surface area contributed by atoms with Crippen LogP contribution in [0.1, 0.15) is 10.4 Å². The molecule has 1 rings (SSSR count). The topological polar surface area (TPSA) is 109 Å². The number of nitrogens with one attached hydrogen (secondary N) is 1. The maximum Gasteiger partial charge on any atom is 0.337 e. The van der Waals surface area contributed by atoms with Crippen molar-refractivity contribution in [3.63, 3.8) is 0 Å². The normalized spacial score (nSPS) is 11.2. The van der Waals surface area contributed by atoms with Crippen molar-refractivity contribution < 1.29 is 22.7 Å². The first kappa shape index (κ1) is 13.4. The van der Waals surface area contributed by atoms with E-state index in [1.807, 2.05) is 0 Å². The molecule has 0 heterocycles. The van der Waals surface area contributed by atoms with Gasteiger partial charge in [0, 0.05) is 6.54 Å². The summed E-state index contributed by atoms with van der Waals surface area (Å²) in [6.07, 6.45) is 0. The molecule has 0 amide bonds. The van der Waals surface area contributed by atoms with E-state index in [-0.39, 0.29) is 17.8 Å². The number of primary sulfonamides is 1. The van der Waals surface area contributed by atoms with Crippen molar-refractivity contribution in [1.29, 1.82) is 0 Å². The lowest BCUT2D eigenvalue weighted by Crippen LogP contribution is -2.23. The van der Waals surface area contributed by atoms with Gasteiger partial charge in [-0.05, 0) is 12.1 Å². The Morgan fingerprint density at radius 2 is 2.12 bits per heavy atom. The minimum Gasteiger partial charge on any atom is -0.478 e. The van der Waals surface area contributed by atoms with E-state index >= 15 is 0 Å². The molecule has 4 N–H and O–H groups in total. The molecule has 0 saturated heterocycles. The van der Waals surface area contributed by atoms with E-state index in [2.05, 4.69) is 5.32 Å². The minimum atomic E-state index is -3.67. The minimum absolute atomic E-state index is 0.167. The third-order valence-electron chi connectivity index (χ3n) is 1.93. The third-order valence-corrected chi connectivity index (χ3v) is 2.71. The van der Waals surface area contributed by atoms with Gasteiger partial charge in [0.2, 0.25) is 10.0 Å². The Hall–Kier alpha value is -1.67. The van der Waals surface area contributed by atoms with Crippen molar-refractivity contribution in [3.05, 3.63) is 29.6 Å². The first-order valence-electron chi connectivity index (χ1n) is 4.57. The second-order valence-corrected chi connectivity index (χ2v) is 5.00. The smallest absolute Gasteiger partial charge is 0.337 e. The van der Waals surface area contributed by atoms with E-state index in [4.69, 9.17) is 10.2 Å². The van der Waals surface area contributed by atoms with Crippen molar-refractivity contribution in [2.45, 2.75) is 0 Å². The number of hydrogen-bond acceptors (Lipinski definition) is 4. The fourth-order valence-corrected chi connectivity index (χ4v) is 1.59. The molecule has 1 aromatic rings. The van der Waals surface area contributed by atoms with Gasteiger partial charge in [-0.15, -0.1) is 0 Å². The molecule has 94 valence electrons. The van der Waals surface area contributed by atoms with Crippen molar-refractivity contribution in [2.24, 2.45) is 5.14 Å². The largest absolute Gasteiger partial charge is 0.478 e. The summed E-state index contributed by atoms with van der Waals surface area (Å²) in [7, 11) is -3.67. The first-order valence-corrected chi connectivity index (χ1v) is 6.29. The second kappa shape index (κ2) is 5.11. The number of carboxylic acid groups (broad SMARTS) is 1. The van der Waals surface area contributed by atoms with Gasteiger partial charge >= 0.3 is 5.97 Å². The van der Waals surface area contributed by atoms with Crippen LogP contribution in [-0.4, -0.2) is 31.8 Å². The number of halogens is 1. The Morgan fingerprint density at radius 3 is 2.65 bits per heavy atom. The van der Waals surface area contributed by atoms with Crippen LogP contribution in [0, 0.1) is 5.82 Å². The van der Waals surface area contributed by atoms with E-state index in [1.54, 1.807) is 0 Å². The number of benzene rings is 1. The molecule has 0 unspecified atom stereocenters. The summed E-state index contributed by atoms with van der Waals surface area (Å²) >= 11 is 0. The Labute approximate surface area is 97.3 Å². The van der Waals surface area contributed by atoms with Gasteiger partial charge in [-0.2, -0.15) is 0 Å². The molecule has 0 spiro atoms. The van der Waals surface area contributed by atoms with Gasteiger partial charge in [0.15, 0.2) is 0 Å². The molecular weight excluding hydrogens is 251 g/mol. The van der Waals surface area contributed by atoms with Crippen LogP contribution < -0.4 is 10.5 Å². The molecule has 1 aromatic carbocycles. The molecular formula is C9H11FN2O4S. The summed E-state index contributed by atoms with van der Waals surface area (Å²) in [5.74, 6) is -2.48. The van der Waals surface area contributed by atoms with Crippen LogP contribution in [0.5, 0.6) is 0 Å². The highest BCUT2D eigenvalue weighted by Gasteiger charge is 2.14. The van der Waals surface area contributed by atoms with Crippen LogP contribution in [0.25, 0.3) is 0 Å². The molecule has 0 saturated carbocycles. The van der Waals surface area contributed by atoms with Crippen molar-refractivity contribution in [1.82, 2.24) is 0 Å². The Bertz CT molecular complexity index is 530. The highest BCUT2D eigenvalue weighted by molar-refractivity contribution is 7.89. The number of sulfonamides is 1. The maximum atomic E-state index is 13.3. The summed E-state index contributed by atoms with van der Waals surface area (Å²) in [5, 5.41) is 16.0. The average Bonchev–Trinajstić information content (AvgIpc) is 2.18. The van der Waals surface area contributed by atoms with E-state index in [1.165, 1.54) is 12.1 Å². The summed E-state index contributed by atoms with van der Waals surface area (Å²) in [4.78, 5) is 10.8. The van der Waals surface area contributed by atoms with E-state index < -0.39 is 27.6 Å². The predicted octanol–water partition coefficient (Wildman–Crippen LogP) is 0.224. The van der Waals surface area contributed by atoms with Crippen LogP contribution in [0.15, 0.2) is 18.2 Å². The molecule has 0 aliphatic heterocycles. The second-order valence-electron chi connectivity index (χ2n) is 3.26. The fraction of sp³-hybridized carbons (Fsp3) is 0.222. The zero-order chi connectivity index (χ0) is 13.1. The van der Waals surface area contributed by atoms with Gasteiger partial charge < -0.3 is 10.4 Å². The van der Waals surface area contributed by atoms with Gasteiger partial charge in [0.25, 0.3) is 0 Å². The van der Waals surface area contributed by atoms with Crippen molar-refractivity contribution in [3.8, 4) is 0 Å². The first-order chi connectivity index (χ1) is 7.81. The van der Waals surface area contributed by atoms with Gasteiger partial charge in [0.1, 0.15) is 5.82 Å². The number of aromatic carboxylic acids is 1. The van der Waals surface area contributed by atoms with Crippen LogP contribution in [0.4, 0.5) is 10.1 Å². The Kier molecular flexibility index (Phi) is 4.02. The number of rotatable bonds is 5. The standard InChI is InChI=1S/C9H11FN2O4S/c10-7-3-1-2-6(9(13)14)8(7)12-4-5-17(11,15)16/h1-3,12H,4-5H2,(H,13,14)(H2,11,15,16). The van der Waals surface area contributed by atoms with Gasteiger partial charge in [0.05, 0.1) is 17.0 Å². The number of carbonyl (C=O) groups is 1. The van der Waals surface area contributed by atoms with E-state index in [0.29, 0.717) is 0 Å². The lowest BCUT2D eigenvalue weighted by atomic mass is 10.1. The predicted molar refractivity (Wildman–Crippen MR) is 59.8 cm³/mol. The van der Waals surface area contributed by atoms with E-state index in [0.717, 1.165) is 6.07 Å². The number of carboxylic acids is 1. The lowest BCUT2D eigenvalue weighted by Gasteiger charge is -2.09.